The lowest BCUT2D eigenvalue weighted by Crippen LogP contribution is -1.85. The molecule has 0 aromatic heterocycles. The average molecular weight is 139 g/mol. The molecule has 0 amide bonds. The number of aliphatic imine (C=N–C) groups is 1. The lowest BCUT2D eigenvalue weighted by atomic mass is 10.3. The summed E-state index contributed by atoms with van der Waals surface area (Å²) >= 11 is 0. The molecule has 0 N–H and O–H groups in total. The van der Waals surface area contributed by atoms with E-state index in [1.54, 1.807) is 19.4 Å². The van der Waals surface area contributed by atoms with E-state index in [0.717, 1.165) is 5.57 Å². The zero-order chi connectivity index (χ0) is 7.98. The maximum atomic E-state index is 4.95. The Morgan fingerprint density at radius 1 is 1.60 bits per heavy atom. The Kier molecular flexibility index (Phi) is 4.29. The third kappa shape index (κ3) is 2.49. The van der Waals surface area contributed by atoms with Gasteiger partial charge in [0.05, 0.1) is 7.11 Å². The van der Waals surface area contributed by atoms with E-state index in [1.807, 2.05) is 13.8 Å². The van der Waals surface area contributed by atoms with E-state index in [9.17, 15) is 0 Å². The van der Waals surface area contributed by atoms with E-state index < -0.39 is 0 Å². The second-order valence-electron chi connectivity index (χ2n) is 1.78. The van der Waals surface area contributed by atoms with Crippen LogP contribution in [0.3, 0.4) is 0 Å². The number of nitrogens with zero attached hydrogens (tertiary/aromatic N) is 1. The first kappa shape index (κ1) is 8.95. The summed E-state index contributed by atoms with van der Waals surface area (Å²) in [6, 6.07) is 0. The highest BCUT2D eigenvalue weighted by Crippen LogP contribution is 2.05. The molecule has 0 heterocycles. The van der Waals surface area contributed by atoms with Crippen molar-refractivity contribution in [3.05, 3.63) is 24.1 Å². The summed E-state index contributed by atoms with van der Waals surface area (Å²) in [6.07, 6.45) is 3.40. The predicted molar refractivity (Wildman–Crippen MR) is 44.1 cm³/mol. The summed E-state index contributed by atoms with van der Waals surface area (Å²) in [6.45, 7) is 7.34. The minimum Gasteiger partial charge on any atom is -0.481 e. The van der Waals surface area contributed by atoms with E-state index in [1.165, 1.54) is 0 Å². The number of methoxy groups -OCH3 is 1. The smallest absolute Gasteiger partial charge is 0.215 e. The molecule has 0 saturated heterocycles. The van der Waals surface area contributed by atoms with E-state index in [-0.39, 0.29) is 0 Å². The fraction of sp³-hybridized carbons (Fsp3) is 0.375. The lowest BCUT2D eigenvalue weighted by molar-refractivity contribution is 0.285. The van der Waals surface area contributed by atoms with Gasteiger partial charge in [0.1, 0.15) is 0 Å². The third-order valence-corrected chi connectivity index (χ3v) is 1.08. The third-order valence-electron chi connectivity index (χ3n) is 1.08. The Labute approximate surface area is 61.9 Å². The van der Waals surface area contributed by atoms with Crippen molar-refractivity contribution in [2.45, 2.75) is 13.8 Å². The van der Waals surface area contributed by atoms with Gasteiger partial charge in [0, 0.05) is 11.8 Å². The first-order valence-corrected chi connectivity index (χ1v) is 3.12. The van der Waals surface area contributed by atoms with Crippen molar-refractivity contribution in [2.24, 2.45) is 4.99 Å². The molecule has 0 fully saturated rings. The van der Waals surface area contributed by atoms with Gasteiger partial charge < -0.3 is 4.74 Å². The van der Waals surface area contributed by atoms with Crippen LogP contribution < -0.4 is 0 Å². The average Bonchev–Trinajstić information content (AvgIpc) is 1.99. The van der Waals surface area contributed by atoms with Crippen LogP contribution in [0.25, 0.3) is 0 Å². The Balaban J connectivity index is 4.44. The van der Waals surface area contributed by atoms with Crippen molar-refractivity contribution >= 4 is 6.21 Å². The molecule has 0 unspecified atom stereocenters. The van der Waals surface area contributed by atoms with Crippen LogP contribution in [-0.4, -0.2) is 13.3 Å². The highest BCUT2D eigenvalue weighted by Gasteiger charge is 1.92. The molecule has 0 saturated carbocycles. The molecule has 0 rings (SSSR count). The summed E-state index contributed by atoms with van der Waals surface area (Å²) in [5.74, 6) is 0.623. The van der Waals surface area contributed by atoms with Crippen LogP contribution in [0.15, 0.2) is 29.1 Å². The molecule has 0 aromatic carbocycles. The number of rotatable bonds is 3. The Bertz CT molecular complexity index is 168. The molecule has 0 aliphatic rings. The monoisotopic (exact) mass is 139 g/mol. The quantitative estimate of drug-likeness (QED) is 0.333. The van der Waals surface area contributed by atoms with Gasteiger partial charge in [-0.25, -0.2) is 4.99 Å². The van der Waals surface area contributed by atoms with Crippen molar-refractivity contribution in [2.75, 3.05) is 7.11 Å². The predicted octanol–water partition coefficient (Wildman–Crippen LogP) is 2.14. The Morgan fingerprint density at radius 3 is 2.50 bits per heavy atom. The highest BCUT2D eigenvalue weighted by molar-refractivity contribution is 5.55. The minimum absolute atomic E-state index is 0.623. The molecule has 2 nitrogen and oxygen atoms in total. The number of hydrogen-bond donors (Lipinski definition) is 0. The maximum Gasteiger partial charge on any atom is 0.215 e. The zero-order valence-electron chi connectivity index (χ0n) is 6.72. The standard InChI is InChI=1S/C8H13NO/c1-5-7(3)8(10-4)9-6-2/h5-6H,1H2,2-4H3/b8-7+,9-6-. The number of hydrogen-bond acceptors (Lipinski definition) is 2. The molecule has 0 aliphatic heterocycles. The lowest BCUT2D eigenvalue weighted by Gasteiger charge is -2.00. The molecule has 0 radical (unpaired) electrons. The summed E-state index contributed by atoms with van der Waals surface area (Å²) in [5, 5.41) is 0. The first-order valence-electron chi connectivity index (χ1n) is 3.12. The first-order chi connectivity index (χ1) is 4.76. The van der Waals surface area contributed by atoms with Crippen LogP contribution in [0, 0.1) is 0 Å². The van der Waals surface area contributed by atoms with E-state index in [4.69, 9.17) is 4.74 Å². The maximum absolute atomic E-state index is 4.95. The molecule has 0 atom stereocenters. The number of ether oxygens (including phenoxy) is 1. The van der Waals surface area contributed by atoms with Crippen LogP contribution >= 0.6 is 0 Å². The molecule has 0 aliphatic carbocycles. The molecule has 0 bridgehead atoms. The molecule has 0 spiro atoms. The van der Waals surface area contributed by atoms with E-state index >= 15 is 0 Å². The van der Waals surface area contributed by atoms with Gasteiger partial charge in [-0.15, -0.1) is 0 Å². The van der Waals surface area contributed by atoms with Crippen molar-refractivity contribution in [1.82, 2.24) is 0 Å². The molecular formula is C8H13NO. The summed E-state index contributed by atoms with van der Waals surface area (Å²) < 4.78 is 4.95. The molecule has 56 valence electrons. The molecule has 10 heavy (non-hydrogen) atoms. The van der Waals surface area contributed by atoms with Gasteiger partial charge in [-0.05, 0) is 13.8 Å². The second kappa shape index (κ2) is 4.79. The van der Waals surface area contributed by atoms with Gasteiger partial charge in [-0.2, -0.15) is 0 Å². The van der Waals surface area contributed by atoms with Gasteiger partial charge in [-0.1, -0.05) is 12.7 Å². The van der Waals surface area contributed by atoms with Gasteiger partial charge >= 0.3 is 0 Å². The van der Waals surface area contributed by atoms with E-state index in [2.05, 4.69) is 11.6 Å². The van der Waals surface area contributed by atoms with Crippen molar-refractivity contribution in [3.63, 3.8) is 0 Å². The van der Waals surface area contributed by atoms with Crippen LogP contribution in [0.5, 0.6) is 0 Å². The molecule has 2 heteroatoms. The highest BCUT2D eigenvalue weighted by atomic mass is 16.5. The summed E-state index contributed by atoms with van der Waals surface area (Å²) in [4.78, 5) is 3.97. The Hall–Kier alpha value is -1.05. The fourth-order valence-corrected chi connectivity index (χ4v) is 0.520. The number of allylic oxidation sites excluding steroid dienone is 2. The topological polar surface area (TPSA) is 21.6 Å². The summed E-state index contributed by atoms with van der Waals surface area (Å²) in [5.41, 5.74) is 0.945. The van der Waals surface area contributed by atoms with Gasteiger partial charge in [0.15, 0.2) is 0 Å². The van der Waals surface area contributed by atoms with Gasteiger partial charge in [0.2, 0.25) is 5.88 Å². The summed E-state index contributed by atoms with van der Waals surface area (Å²) in [7, 11) is 1.59. The van der Waals surface area contributed by atoms with Crippen molar-refractivity contribution < 1.29 is 4.74 Å². The van der Waals surface area contributed by atoms with Crippen molar-refractivity contribution in [1.29, 1.82) is 0 Å². The van der Waals surface area contributed by atoms with Crippen LogP contribution in [0.1, 0.15) is 13.8 Å². The van der Waals surface area contributed by atoms with Gasteiger partial charge in [0.25, 0.3) is 0 Å². The largest absolute Gasteiger partial charge is 0.481 e. The fourth-order valence-electron chi connectivity index (χ4n) is 0.520. The van der Waals surface area contributed by atoms with Crippen LogP contribution in [0.2, 0.25) is 0 Å². The normalized spacial score (nSPS) is 13.1. The molecular weight excluding hydrogens is 126 g/mol. The van der Waals surface area contributed by atoms with E-state index in [0.29, 0.717) is 5.88 Å². The van der Waals surface area contributed by atoms with Crippen LogP contribution in [-0.2, 0) is 4.74 Å². The van der Waals surface area contributed by atoms with Crippen LogP contribution in [0.4, 0.5) is 0 Å². The second-order valence-corrected chi connectivity index (χ2v) is 1.78. The van der Waals surface area contributed by atoms with Gasteiger partial charge in [-0.3, -0.25) is 0 Å². The zero-order valence-corrected chi connectivity index (χ0v) is 6.72. The molecule has 0 aromatic rings. The van der Waals surface area contributed by atoms with Crippen molar-refractivity contribution in [3.8, 4) is 0 Å². The Morgan fingerprint density at radius 2 is 2.20 bits per heavy atom. The minimum atomic E-state index is 0.623. The SMILES string of the molecule is C=C/C(C)=C(\N=C/C)OC.